The number of ether oxygens (including phenoxy) is 1. The Labute approximate surface area is 214 Å². The van der Waals surface area contributed by atoms with Gasteiger partial charge in [-0.3, -0.25) is 14.9 Å². The van der Waals surface area contributed by atoms with Crippen molar-refractivity contribution in [2.24, 2.45) is 0 Å². The van der Waals surface area contributed by atoms with Gasteiger partial charge in [0.05, 0.1) is 35.4 Å². The summed E-state index contributed by atoms with van der Waals surface area (Å²) in [6.45, 7) is 3.86. The van der Waals surface area contributed by atoms with Crippen molar-refractivity contribution >= 4 is 33.6 Å². The molecule has 0 spiro atoms. The number of rotatable bonds is 8. The lowest BCUT2D eigenvalue weighted by molar-refractivity contribution is 0.0880. The van der Waals surface area contributed by atoms with E-state index in [0.717, 1.165) is 37.1 Å². The number of aliphatic hydroxyl groups is 1. The molecule has 190 valence electrons. The molecule has 4 aromatic rings. The smallest absolute Gasteiger partial charge is 0.259 e. The van der Waals surface area contributed by atoms with Crippen molar-refractivity contribution in [1.82, 2.24) is 14.8 Å². The normalized spacial score (nSPS) is 15.6. The molecule has 0 bridgehead atoms. The van der Waals surface area contributed by atoms with Gasteiger partial charge in [-0.05, 0) is 55.6 Å². The molecule has 8 heteroatoms. The minimum Gasteiger partial charge on any atom is -0.504 e. The first kappa shape index (κ1) is 23.5. The number of phenolic OH excluding ortho intramolecular Hbond substituents is 1. The number of phenols is 1. The first-order valence-electron chi connectivity index (χ1n) is 12.8. The van der Waals surface area contributed by atoms with E-state index in [4.69, 9.17) is 4.74 Å². The number of hydrogen-bond acceptors (Lipinski definition) is 6. The molecule has 0 radical (unpaired) electrons. The van der Waals surface area contributed by atoms with Crippen molar-refractivity contribution in [3.05, 3.63) is 59.7 Å². The monoisotopic (exact) mass is 499 g/mol. The second-order valence-electron chi connectivity index (χ2n) is 9.68. The molecule has 3 aromatic carbocycles. The highest BCUT2D eigenvalue weighted by molar-refractivity contribution is 6.32. The number of hydrogen-bond donors (Lipinski definition) is 3. The third kappa shape index (κ3) is 4.02. The molecule has 0 unspecified atom stereocenters. The molecule has 37 heavy (non-hydrogen) atoms. The Bertz CT molecular complexity index is 1520. The highest BCUT2D eigenvalue weighted by atomic mass is 16.5. The van der Waals surface area contributed by atoms with Crippen molar-refractivity contribution in [2.75, 3.05) is 32.8 Å². The zero-order valence-electron chi connectivity index (χ0n) is 20.5. The van der Waals surface area contributed by atoms with Crippen LogP contribution >= 0.6 is 0 Å². The predicted octanol–water partition coefficient (Wildman–Crippen LogP) is 3.91. The Morgan fingerprint density at radius 3 is 2.43 bits per heavy atom. The largest absolute Gasteiger partial charge is 0.504 e. The molecule has 1 aromatic heterocycles. The van der Waals surface area contributed by atoms with Crippen LogP contribution in [0.3, 0.4) is 0 Å². The SMILES string of the molecule is O=C1NC(=O)c2c1c(-c1ccccc1)cc1c2c2cc(O)c(OCCCN3CCCC3)cc2n1CCO. The average Bonchev–Trinajstić information content (AvgIpc) is 3.60. The Morgan fingerprint density at radius 1 is 0.919 bits per heavy atom. The maximum absolute atomic E-state index is 13.0. The number of aromatic hydroxyl groups is 1. The number of nitrogens with one attached hydrogen (secondary N) is 1. The van der Waals surface area contributed by atoms with Crippen LogP contribution in [-0.4, -0.2) is 64.3 Å². The van der Waals surface area contributed by atoms with Gasteiger partial charge in [0.15, 0.2) is 11.5 Å². The highest BCUT2D eigenvalue weighted by Gasteiger charge is 2.34. The summed E-state index contributed by atoms with van der Waals surface area (Å²) in [5.74, 6) is -0.572. The van der Waals surface area contributed by atoms with Crippen LogP contribution in [0.25, 0.3) is 32.9 Å². The van der Waals surface area contributed by atoms with Gasteiger partial charge in [0.2, 0.25) is 0 Å². The maximum atomic E-state index is 13.0. The van der Waals surface area contributed by atoms with Gasteiger partial charge in [-0.15, -0.1) is 0 Å². The van der Waals surface area contributed by atoms with E-state index in [1.54, 1.807) is 12.1 Å². The summed E-state index contributed by atoms with van der Waals surface area (Å²) >= 11 is 0. The van der Waals surface area contributed by atoms with Crippen LogP contribution in [0.15, 0.2) is 48.5 Å². The number of benzene rings is 3. The molecule has 2 amide bonds. The Hall–Kier alpha value is -3.88. The van der Waals surface area contributed by atoms with Crippen molar-refractivity contribution in [1.29, 1.82) is 0 Å². The fraction of sp³-hybridized carbons (Fsp3) is 0.310. The molecule has 0 aliphatic carbocycles. The van der Waals surface area contributed by atoms with Crippen LogP contribution in [0.2, 0.25) is 0 Å². The van der Waals surface area contributed by atoms with Gasteiger partial charge >= 0.3 is 0 Å². The zero-order chi connectivity index (χ0) is 25.5. The van der Waals surface area contributed by atoms with Gasteiger partial charge in [0, 0.05) is 29.9 Å². The predicted molar refractivity (Wildman–Crippen MR) is 141 cm³/mol. The second kappa shape index (κ2) is 9.53. The van der Waals surface area contributed by atoms with E-state index in [1.165, 1.54) is 12.8 Å². The van der Waals surface area contributed by atoms with E-state index in [9.17, 15) is 19.8 Å². The number of imide groups is 1. The van der Waals surface area contributed by atoms with E-state index in [-0.39, 0.29) is 18.9 Å². The number of aromatic nitrogens is 1. The first-order valence-corrected chi connectivity index (χ1v) is 12.8. The number of carbonyl (C=O) groups excluding carboxylic acids is 2. The Kier molecular flexibility index (Phi) is 6.06. The maximum Gasteiger partial charge on any atom is 0.259 e. The molecule has 0 atom stereocenters. The quantitative estimate of drug-likeness (QED) is 0.251. The van der Waals surface area contributed by atoms with Crippen LogP contribution < -0.4 is 10.1 Å². The van der Waals surface area contributed by atoms with E-state index >= 15 is 0 Å². The van der Waals surface area contributed by atoms with Crippen molar-refractivity contribution in [3.8, 4) is 22.6 Å². The fourth-order valence-corrected chi connectivity index (χ4v) is 5.73. The molecule has 2 aliphatic rings. The molecular formula is C29H29N3O5. The number of amides is 2. The van der Waals surface area contributed by atoms with Gasteiger partial charge in [-0.25, -0.2) is 0 Å². The molecule has 0 saturated carbocycles. The molecule has 2 aliphatic heterocycles. The van der Waals surface area contributed by atoms with Gasteiger partial charge < -0.3 is 24.4 Å². The summed E-state index contributed by atoms with van der Waals surface area (Å²) in [5, 5.41) is 24.4. The van der Waals surface area contributed by atoms with E-state index in [0.29, 0.717) is 45.3 Å². The molecule has 3 heterocycles. The van der Waals surface area contributed by atoms with Crippen molar-refractivity contribution < 1.29 is 24.5 Å². The summed E-state index contributed by atoms with van der Waals surface area (Å²) in [5.41, 5.74) is 3.51. The first-order chi connectivity index (χ1) is 18.1. The van der Waals surface area contributed by atoms with Crippen molar-refractivity contribution in [2.45, 2.75) is 25.8 Å². The summed E-state index contributed by atoms with van der Waals surface area (Å²) < 4.78 is 7.89. The Balaban J connectivity index is 1.49. The lowest BCUT2D eigenvalue weighted by Gasteiger charge is -2.15. The summed E-state index contributed by atoms with van der Waals surface area (Å²) in [4.78, 5) is 28.4. The third-order valence-corrected chi connectivity index (χ3v) is 7.40. The van der Waals surface area contributed by atoms with Gasteiger partial charge in [-0.1, -0.05) is 30.3 Å². The van der Waals surface area contributed by atoms with Gasteiger partial charge in [-0.2, -0.15) is 0 Å². The molecule has 1 saturated heterocycles. The summed E-state index contributed by atoms with van der Waals surface area (Å²) in [6, 6.07) is 14.7. The summed E-state index contributed by atoms with van der Waals surface area (Å²) in [6.07, 6.45) is 3.34. The van der Waals surface area contributed by atoms with Crippen molar-refractivity contribution in [3.63, 3.8) is 0 Å². The van der Waals surface area contributed by atoms with Crippen LogP contribution in [-0.2, 0) is 6.54 Å². The van der Waals surface area contributed by atoms with Crippen LogP contribution in [0.4, 0.5) is 0 Å². The molecule has 1 fully saturated rings. The van der Waals surface area contributed by atoms with Crippen LogP contribution in [0.1, 0.15) is 40.0 Å². The molecule has 8 nitrogen and oxygen atoms in total. The highest BCUT2D eigenvalue weighted by Crippen LogP contribution is 2.43. The Morgan fingerprint density at radius 2 is 1.68 bits per heavy atom. The number of likely N-dealkylation sites (tertiary alicyclic amines) is 1. The van der Waals surface area contributed by atoms with E-state index in [1.807, 2.05) is 41.0 Å². The molecule has 6 rings (SSSR count). The van der Waals surface area contributed by atoms with Crippen LogP contribution in [0, 0.1) is 0 Å². The third-order valence-electron chi connectivity index (χ3n) is 7.40. The number of carbonyl (C=O) groups is 2. The topological polar surface area (TPSA) is 104 Å². The number of nitrogens with zero attached hydrogens (tertiary/aromatic N) is 2. The lowest BCUT2D eigenvalue weighted by atomic mass is 9.93. The molecular weight excluding hydrogens is 470 g/mol. The van der Waals surface area contributed by atoms with Gasteiger partial charge in [0.1, 0.15) is 0 Å². The zero-order valence-corrected chi connectivity index (χ0v) is 20.5. The second-order valence-corrected chi connectivity index (χ2v) is 9.68. The van der Waals surface area contributed by atoms with E-state index < -0.39 is 11.8 Å². The molecule has 3 N–H and O–H groups in total. The van der Waals surface area contributed by atoms with E-state index in [2.05, 4.69) is 10.2 Å². The van der Waals surface area contributed by atoms with Crippen LogP contribution in [0.5, 0.6) is 11.5 Å². The lowest BCUT2D eigenvalue weighted by Crippen LogP contribution is -2.21. The fourth-order valence-electron chi connectivity index (χ4n) is 5.73. The number of aliphatic hydroxyl groups excluding tert-OH is 1. The summed E-state index contributed by atoms with van der Waals surface area (Å²) in [7, 11) is 0. The standard InChI is InChI=1S/C29H29N3O5/c33-13-12-32-21-17-24(37-14-6-11-31-9-4-5-10-31)23(34)16-20(21)25-22(32)15-19(18-7-2-1-3-8-18)26-27(25)29(36)30-28(26)35/h1-3,7-8,15-17,33-34H,4-6,9-14H2,(H,30,35,36). The number of fused-ring (bicyclic) bond motifs is 5. The average molecular weight is 500 g/mol. The minimum atomic E-state index is -0.465. The minimum absolute atomic E-state index is 0.0256. The van der Waals surface area contributed by atoms with Gasteiger partial charge in [0.25, 0.3) is 11.8 Å².